The molecule has 39 heavy (non-hydrogen) atoms. The predicted octanol–water partition coefficient (Wildman–Crippen LogP) is 5.85. The number of hydrogen-bond acceptors (Lipinski definition) is 5. The number of rotatable bonds is 8. The van der Waals surface area contributed by atoms with Gasteiger partial charge in [0.05, 0.1) is 21.6 Å². The van der Waals surface area contributed by atoms with Crippen LogP contribution in [0.4, 0.5) is 13.2 Å². The Morgan fingerprint density at radius 2 is 1.85 bits per heavy atom. The number of pyridine rings is 1. The molecule has 4 aromatic rings. The maximum atomic E-state index is 13.3. The number of carbonyl (C=O) groups is 1. The molecule has 3 heterocycles. The zero-order valence-corrected chi connectivity index (χ0v) is 22.0. The van der Waals surface area contributed by atoms with Gasteiger partial charge in [-0.05, 0) is 61.8 Å². The molecule has 0 radical (unpaired) electrons. The number of halogens is 4. The second-order valence-corrected chi connectivity index (χ2v) is 9.92. The van der Waals surface area contributed by atoms with Crippen molar-refractivity contribution in [3.05, 3.63) is 82.4 Å². The second-order valence-electron chi connectivity index (χ2n) is 9.51. The molecule has 1 fully saturated rings. The van der Waals surface area contributed by atoms with E-state index in [-0.39, 0.29) is 23.0 Å². The topological polar surface area (TPSA) is 72.3 Å². The predicted molar refractivity (Wildman–Crippen MR) is 142 cm³/mol. The van der Waals surface area contributed by atoms with Crippen molar-refractivity contribution in [1.29, 1.82) is 0 Å². The summed E-state index contributed by atoms with van der Waals surface area (Å²) in [6, 6.07) is 12.5. The monoisotopic (exact) mass is 557 g/mol. The summed E-state index contributed by atoms with van der Waals surface area (Å²) in [6.45, 7) is 3.51. The first-order chi connectivity index (χ1) is 18.7. The standard InChI is InChI=1S/C28H27ClF3N5O2/c1-36-25-7-5-19(16-23(25)35-26(36)15-18-4-6-22(29)21(14-18)28(30,31)32)39-20-8-9-33-24(17-20)27(38)34-10-13-37-11-2-3-12-37/h4-9,14,16-17H,2-3,10-13,15H2,1H3,(H,34,38). The number of nitrogens with one attached hydrogen (secondary N) is 1. The maximum absolute atomic E-state index is 13.3. The molecule has 0 unspecified atom stereocenters. The fraction of sp³-hybridized carbons (Fsp3) is 0.321. The van der Waals surface area contributed by atoms with Crippen molar-refractivity contribution in [3.8, 4) is 11.5 Å². The van der Waals surface area contributed by atoms with Gasteiger partial charge in [0.2, 0.25) is 0 Å². The summed E-state index contributed by atoms with van der Waals surface area (Å²) in [6.07, 6.45) is -0.421. The number of hydrogen-bond donors (Lipinski definition) is 1. The van der Waals surface area contributed by atoms with E-state index < -0.39 is 11.7 Å². The third-order valence-corrected chi connectivity index (χ3v) is 7.08. The average Bonchev–Trinajstić information content (AvgIpc) is 3.52. The van der Waals surface area contributed by atoms with Gasteiger partial charge in [-0.2, -0.15) is 13.2 Å². The van der Waals surface area contributed by atoms with E-state index in [1.165, 1.54) is 25.1 Å². The number of imidazole rings is 1. The molecule has 5 rings (SSSR count). The van der Waals surface area contributed by atoms with Gasteiger partial charge >= 0.3 is 6.18 Å². The van der Waals surface area contributed by atoms with Gasteiger partial charge in [0, 0.05) is 44.9 Å². The van der Waals surface area contributed by atoms with Crippen molar-refractivity contribution in [2.45, 2.75) is 25.4 Å². The number of fused-ring (bicyclic) bond motifs is 1. The Morgan fingerprint density at radius 3 is 2.62 bits per heavy atom. The minimum Gasteiger partial charge on any atom is -0.457 e. The molecule has 0 saturated carbocycles. The highest BCUT2D eigenvalue weighted by Gasteiger charge is 2.33. The van der Waals surface area contributed by atoms with Gasteiger partial charge in [-0.15, -0.1) is 0 Å². The molecule has 0 aliphatic carbocycles. The maximum Gasteiger partial charge on any atom is 0.417 e. The van der Waals surface area contributed by atoms with E-state index in [1.807, 2.05) is 17.7 Å². The lowest BCUT2D eigenvalue weighted by Gasteiger charge is -2.14. The first-order valence-electron chi connectivity index (χ1n) is 12.6. The van der Waals surface area contributed by atoms with Crippen LogP contribution in [0.25, 0.3) is 11.0 Å². The average molecular weight is 558 g/mol. The summed E-state index contributed by atoms with van der Waals surface area (Å²) in [5.74, 6) is 1.28. The Kier molecular flexibility index (Phi) is 7.76. The molecule has 11 heteroatoms. The zero-order valence-electron chi connectivity index (χ0n) is 21.3. The quantitative estimate of drug-likeness (QED) is 0.294. The van der Waals surface area contributed by atoms with E-state index in [9.17, 15) is 18.0 Å². The number of likely N-dealkylation sites (tertiary alicyclic amines) is 1. The lowest BCUT2D eigenvalue weighted by molar-refractivity contribution is -0.137. The number of aryl methyl sites for hydroxylation is 1. The highest BCUT2D eigenvalue weighted by Crippen LogP contribution is 2.35. The smallest absolute Gasteiger partial charge is 0.417 e. The molecular weight excluding hydrogens is 531 g/mol. The molecule has 2 aromatic heterocycles. The molecular formula is C28H27ClF3N5O2. The van der Waals surface area contributed by atoms with Crippen molar-refractivity contribution in [2.75, 3.05) is 26.2 Å². The van der Waals surface area contributed by atoms with Gasteiger partial charge in [-0.25, -0.2) is 4.98 Å². The number of amides is 1. The van der Waals surface area contributed by atoms with E-state index in [0.717, 1.165) is 31.2 Å². The largest absolute Gasteiger partial charge is 0.457 e. The van der Waals surface area contributed by atoms with Crippen LogP contribution in [0.5, 0.6) is 11.5 Å². The Morgan fingerprint density at radius 1 is 1.08 bits per heavy atom. The number of carbonyl (C=O) groups excluding carboxylic acids is 1. The van der Waals surface area contributed by atoms with Crippen LogP contribution in [0.15, 0.2) is 54.7 Å². The number of ether oxygens (including phenoxy) is 1. The van der Waals surface area contributed by atoms with Gasteiger partial charge < -0.3 is 19.5 Å². The number of nitrogens with zero attached hydrogens (tertiary/aromatic N) is 4. The van der Waals surface area contributed by atoms with Gasteiger partial charge in [0.25, 0.3) is 5.91 Å². The number of aromatic nitrogens is 3. The molecule has 7 nitrogen and oxygen atoms in total. The third kappa shape index (κ3) is 6.34. The number of benzene rings is 2. The Bertz CT molecular complexity index is 1500. The van der Waals surface area contributed by atoms with Gasteiger partial charge in [0.15, 0.2) is 0 Å². The minimum atomic E-state index is -4.53. The van der Waals surface area contributed by atoms with Crippen LogP contribution in [-0.2, 0) is 19.6 Å². The lowest BCUT2D eigenvalue weighted by atomic mass is 10.1. The van der Waals surface area contributed by atoms with Crippen LogP contribution in [0.1, 0.15) is 40.3 Å². The summed E-state index contributed by atoms with van der Waals surface area (Å²) in [7, 11) is 1.81. The summed E-state index contributed by atoms with van der Waals surface area (Å²) < 4.78 is 47.6. The van der Waals surface area contributed by atoms with E-state index in [2.05, 4.69) is 20.2 Å². The van der Waals surface area contributed by atoms with Crippen molar-refractivity contribution < 1.29 is 22.7 Å². The van der Waals surface area contributed by atoms with Gasteiger partial charge in [0.1, 0.15) is 23.0 Å². The molecule has 0 atom stereocenters. The van der Waals surface area contributed by atoms with E-state index in [1.54, 1.807) is 30.3 Å². The fourth-order valence-electron chi connectivity index (χ4n) is 4.69. The van der Waals surface area contributed by atoms with Crippen LogP contribution in [0, 0.1) is 0 Å². The van der Waals surface area contributed by atoms with Crippen molar-refractivity contribution in [1.82, 2.24) is 24.8 Å². The summed E-state index contributed by atoms with van der Waals surface area (Å²) in [4.78, 5) is 23.7. The van der Waals surface area contributed by atoms with E-state index >= 15 is 0 Å². The normalized spacial score (nSPS) is 14.2. The Hall–Kier alpha value is -3.63. The molecule has 1 aliphatic rings. The zero-order chi connectivity index (χ0) is 27.6. The fourth-order valence-corrected chi connectivity index (χ4v) is 4.92. The van der Waals surface area contributed by atoms with E-state index in [4.69, 9.17) is 16.3 Å². The lowest BCUT2D eigenvalue weighted by Crippen LogP contribution is -2.33. The third-order valence-electron chi connectivity index (χ3n) is 6.76. The van der Waals surface area contributed by atoms with Crippen molar-refractivity contribution in [3.63, 3.8) is 0 Å². The van der Waals surface area contributed by atoms with Crippen LogP contribution in [0.3, 0.4) is 0 Å². The van der Waals surface area contributed by atoms with Crippen LogP contribution in [0.2, 0.25) is 5.02 Å². The first-order valence-corrected chi connectivity index (χ1v) is 13.0. The van der Waals surface area contributed by atoms with Gasteiger partial charge in [-0.3, -0.25) is 9.78 Å². The van der Waals surface area contributed by atoms with Crippen molar-refractivity contribution >= 4 is 28.5 Å². The minimum absolute atomic E-state index is 0.197. The van der Waals surface area contributed by atoms with Crippen LogP contribution < -0.4 is 10.1 Å². The molecule has 204 valence electrons. The first kappa shape index (κ1) is 27.0. The summed E-state index contributed by atoms with van der Waals surface area (Å²) in [5.41, 5.74) is 1.27. The molecule has 1 amide bonds. The second kappa shape index (κ2) is 11.2. The number of alkyl halides is 3. The highest BCUT2D eigenvalue weighted by molar-refractivity contribution is 6.31. The van der Waals surface area contributed by atoms with Crippen molar-refractivity contribution in [2.24, 2.45) is 7.05 Å². The van der Waals surface area contributed by atoms with Crippen LogP contribution >= 0.6 is 11.6 Å². The van der Waals surface area contributed by atoms with Gasteiger partial charge in [-0.1, -0.05) is 17.7 Å². The SMILES string of the molecule is Cn1c(Cc2ccc(Cl)c(C(F)(F)F)c2)nc2cc(Oc3ccnc(C(=O)NCCN4CCCC4)c3)ccc21. The molecule has 0 bridgehead atoms. The molecule has 1 N–H and O–H groups in total. The molecule has 1 saturated heterocycles. The molecule has 2 aromatic carbocycles. The Labute approximate surface area is 228 Å². The van der Waals surface area contributed by atoms with E-state index in [0.29, 0.717) is 34.9 Å². The summed E-state index contributed by atoms with van der Waals surface area (Å²) in [5, 5.41) is 2.57. The van der Waals surface area contributed by atoms with Crippen LogP contribution in [-0.4, -0.2) is 51.5 Å². The molecule has 1 aliphatic heterocycles. The Balaban J connectivity index is 1.28. The molecule has 0 spiro atoms. The highest BCUT2D eigenvalue weighted by atomic mass is 35.5. The summed E-state index contributed by atoms with van der Waals surface area (Å²) >= 11 is 5.75.